The van der Waals surface area contributed by atoms with Gasteiger partial charge in [-0.1, -0.05) is 12.1 Å². The molecule has 0 bridgehead atoms. The Balaban J connectivity index is 1.83. The average molecular weight is 286 g/mol. The first kappa shape index (κ1) is 14.3. The normalized spacial score (nSPS) is 20.0. The molecule has 0 saturated carbocycles. The van der Waals surface area contributed by atoms with Gasteiger partial charge in [0.1, 0.15) is 0 Å². The quantitative estimate of drug-likeness (QED) is 0.793. The minimum Gasteiger partial charge on any atom is -0.421 e. The van der Waals surface area contributed by atoms with Crippen LogP contribution in [-0.2, 0) is 9.31 Å². The number of aryl methyl sites for hydroxylation is 1. The standard InChI is InChI=1S/C15H19BN2O3/c1-10-17-18-13(19-10)11-6-8-12(9-7-11)16-20-14(2,3)15(4,5)21-16/h6-9H,1-5H3. The lowest BCUT2D eigenvalue weighted by Crippen LogP contribution is -2.41. The lowest BCUT2D eigenvalue weighted by molar-refractivity contribution is 0.00578. The molecule has 5 nitrogen and oxygen atoms in total. The van der Waals surface area contributed by atoms with Crippen molar-refractivity contribution in [2.75, 3.05) is 0 Å². The summed E-state index contributed by atoms with van der Waals surface area (Å²) in [7, 11) is -0.353. The van der Waals surface area contributed by atoms with Gasteiger partial charge in [-0.05, 0) is 45.3 Å². The van der Waals surface area contributed by atoms with E-state index in [4.69, 9.17) is 13.7 Å². The van der Waals surface area contributed by atoms with Gasteiger partial charge in [-0.15, -0.1) is 10.2 Å². The first-order valence-electron chi connectivity index (χ1n) is 7.05. The van der Waals surface area contributed by atoms with Crippen molar-refractivity contribution in [3.05, 3.63) is 30.2 Å². The molecule has 6 heteroatoms. The minimum absolute atomic E-state index is 0.333. The molecule has 1 fully saturated rings. The van der Waals surface area contributed by atoms with Crippen LogP contribution in [-0.4, -0.2) is 28.5 Å². The number of hydrogen-bond donors (Lipinski definition) is 0. The lowest BCUT2D eigenvalue weighted by atomic mass is 9.79. The largest absolute Gasteiger partial charge is 0.494 e. The van der Waals surface area contributed by atoms with Crippen molar-refractivity contribution in [2.45, 2.75) is 45.8 Å². The Morgan fingerprint density at radius 3 is 1.95 bits per heavy atom. The zero-order chi connectivity index (χ0) is 15.3. The van der Waals surface area contributed by atoms with Gasteiger partial charge in [-0.3, -0.25) is 0 Å². The molecule has 1 aromatic carbocycles. The second-order valence-electron chi connectivity index (χ2n) is 6.34. The van der Waals surface area contributed by atoms with Gasteiger partial charge in [0, 0.05) is 12.5 Å². The van der Waals surface area contributed by atoms with E-state index < -0.39 is 0 Å². The number of nitrogens with zero attached hydrogens (tertiary/aromatic N) is 2. The lowest BCUT2D eigenvalue weighted by Gasteiger charge is -2.32. The molecule has 1 aliphatic heterocycles. The Bertz CT molecular complexity index is 633. The molecule has 0 N–H and O–H groups in total. The first-order chi connectivity index (χ1) is 9.78. The molecular weight excluding hydrogens is 267 g/mol. The second-order valence-corrected chi connectivity index (χ2v) is 6.34. The zero-order valence-electron chi connectivity index (χ0n) is 13.0. The summed E-state index contributed by atoms with van der Waals surface area (Å²) in [4.78, 5) is 0. The molecule has 0 spiro atoms. The van der Waals surface area contributed by atoms with Crippen molar-refractivity contribution in [1.82, 2.24) is 10.2 Å². The van der Waals surface area contributed by atoms with Gasteiger partial charge in [0.05, 0.1) is 11.2 Å². The fourth-order valence-electron chi connectivity index (χ4n) is 2.18. The number of aromatic nitrogens is 2. The van der Waals surface area contributed by atoms with Gasteiger partial charge in [0.2, 0.25) is 11.8 Å². The number of rotatable bonds is 2. The fourth-order valence-corrected chi connectivity index (χ4v) is 2.18. The molecule has 0 radical (unpaired) electrons. The molecule has 2 heterocycles. The summed E-state index contributed by atoms with van der Waals surface area (Å²) in [6.07, 6.45) is 0. The van der Waals surface area contributed by atoms with E-state index in [0.29, 0.717) is 11.8 Å². The van der Waals surface area contributed by atoms with Crippen LogP contribution in [0.4, 0.5) is 0 Å². The molecule has 0 aliphatic carbocycles. The smallest absolute Gasteiger partial charge is 0.421 e. The van der Waals surface area contributed by atoms with Crippen LogP contribution in [0.1, 0.15) is 33.6 Å². The topological polar surface area (TPSA) is 57.4 Å². The van der Waals surface area contributed by atoms with Crippen molar-refractivity contribution in [2.24, 2.45) is 0 Å². The zero-order valence-corrected chi connectivity index (χ0v) is 13.0. The molecule has 0 amide bonds. The van der Waals surface area contributed by atoms with Crippen LogP contribution in [0.5, 0.6) is 0 Å². The maximum absolute atomic E-state index is 6.03. The average Bonchev–Trinajstić information content (AvgIpc) is 2.92. The summed E-state index contributed by atoms with van der Waals surface area (Å²) < 4.78 is 17.5. The Morgan fingerprint density at radius 2 is 1.48 bits per heavy atom. The highest BCUT2D eigenvalue weighted by Crippen LogP contribution is 2.36. The molecule has 0 unspecified atom stereocenters. The summed E-state index contributed by atoms with van der Waals surface area (Å²) >= 11 is 0. The maximum Gasteiger partial charge on any atom is 0.494 e. The van der Waals surface area contributed by atoms with Gasteiger partial charge in [-0.25, -0.2) is 0 Å². The van der Waals surface area contributed by atoms with Crippen molar-refractivity contribution < 1.29 is 13.7 Å². The summed E-state index contributed by atoms with van der Waals surface area (Å²) in [6, 6.07) is 7.81. The predicted octanol–water partition coefficient (Wildman–Crippen LogP) is 2.34. The van der Waals surface area contributed by atoms with Crippen LogP contribution >= 0.6 is 0 Å². The Morgan fingerprint density at radius 1 is 0.905 bits per heavy atom. The highest BCUT2D eigenvalue weighted by atomic mass is 16.7. The van der Waals surface area contributed by atoms with E-state index in [-0.39, 0.29) is 18.3 Å². The van der Waals surface area contributed by atoms with Gasteiger partial charge >= 0.3 is 7.12 Å². The van der Waals surface area contributed by atoms with Gasteiger partial charge < -0.3 is 13.7 Å². The van der Waals surface area contributed by atoms with Crippen molar-refractivity contribution >= 4 is 12.6 Å². The Labute approximate surface area is 124 Å². The SMILES string of the molecule is Cc1nnc(-c2ccc(B3OC(C)(C)C(C)(C)O3)cc2)o1. The molecule has 1 aromatic heterocycles. The third kappa shape index (κ3) is 2.49. The molecular formula is C15H19BN2O3. The fraction of sp³-hybridized carbons (Fsp3) is 0.467. The van der Waals surface area contributed by atoms with E-state index in [9.17, 15) is 0 Å². The highest BCUT2D eigenvalue weighted by Gasteiger charge is 2.51. The maximum atomic E-state index is 6.03. The van der Waals surface area contributed by atoms with E-state index in [1.807, 2.05) is 52.0 Å². The first-order valence-corrected chi connectivity index (χ1v) is 7.05. The van der Waals surface area contributed by atoms with Gasteiger partial charge in [0.15, 0.2) is 0 Å². The molecule has 3 rings (SSSR count). The van der Waals surface area contributed by atoms with Crippen molar-refractivity contribution in [3.8, 4) is 11.5 Å². The molecule has 1 aliphatic rings. The van der Waals surface area contributed by atoms with Crippen LogP contribution in [0.15, 0.2) is 28.7 Å². The summed E-state index contributed by atoms with van der Waals surface area (Å²) in [6.45, 7) is 9.95. The molecule has 0 atom stereocenters. The minimum atomic E-state index is -0.353. The molecule has 1 saturated heterocycles. The van der Waals surface area contributed by atoms with Gasteiger partial charge in [0.25, 0.3) is 0 Å². The van der Waals surface area contributed by atoms with Crippen LogP contribution in [0.25, 0.3) is 11.5 Å². The van der Waals surface area contributed by atoms with Crippen LogP contribution < -0.4 is 5.46 Å². The van der Waals surface area contributed by atoms with Crippen LogP contribution in [0, 0.1) is 6.92 Å². The second kappa shape index (κ2) is 4.68. The van der Waals surface area contributed by atoms with Gasteiger partial charge in [-0.2, -0.15) is 0 Å². The van der Waals surface area contributed by atoms with E-state index >= 15 is 0 Å². The summed E-state index contributed by atoms with van der Waals surface area (Å²) in [5, 5.41) is 7.85. The Hall–Kier alpha value is -1.66. The van der Waals surface area contributed by atoms with E-state index in [0.717, 1.165) is 11.0 Å². The third-order valence-corrected chi connectivity index (χ3v) is 4.21. The monoisotopic (exact) mass is 286 g/mol. The van der Waals surface area contributed by atoms with Crippen molar-refractivity contribution in [1.29, 1.82) is 0 Å². The van der Waals surface area contributed by atoms with Crippen LogP contribution in [0.2, 0.25) is 0 Å². The van der Waals surface area contributed by atoms with E-state index in [1.54, 1.807) is 6.92 Å². The van der Waals surface area contributed by atoms with E-state index in [2.05, 4.69) is 10.2 Å². The predicted molar refractivity (Wildman–Crippen MR) is 80.2 cm³/mol. The molecule has 21 heavy (non-hydrogen) atoms. The number of hydrogen-bond acceptors (Lipinski definition) is 5. The molecule has 2 aromatic rings. The molecule has 110 valence electrons. The van der Waals surface area contributed by atoms with Crippen molar-refractivity contribution in [3.63, 3.8) is 0 Å². The highest BCUT2D eigenvalue weighted by molar-refractivity contribution is 6.62. The summed E-state index contributed by atoms with van der Waals surface area (Å²) in [5.74, 6) is 1.08. The van der Waals surface area contributed by atoms with Crippen LogP contribution in [0.3, 0.4) is 0 Å². The Kier molecular flexibility index (Phi) is 3.18. The third-order valence-electron chi connectivity index (χ3n) is 4.21. The summed E-state index contributed by atoms with van der Waals surface area (Å²) in [5.41, 5.74) is 1.20. The number of benzene rings is 1. The van der Waals surface area contributed by atoms with E-state index in [1.165, 1.54) is 0 Å².